The summed E-state index contributed by atoms with van der Waals surface area (Å²) < 4.78 is 57.9. The zero-order valence-corrected chi connectivity index (χ0v) is 12.6. The van der Waals surface area contributed by atoms with Crippen molar-refractivity contribution in [1.82, 2.24) is 0 Å². The van der Waals surface area contributed by atoms with E-state index < -0.39 is 37.7 Å². The van der Waals surface area contributed by atoms with E-state index in [9.17, 15) is 21.6 Å². The van der Waals surface area contributed by atoms with Crippen molar-refractivity contribution in [2.45, 2.75) is 6.92 Å². The first kappa shape index (κ1) is 16.2. The summed E-state index contributed by atoms with van der Waals surface area (Å²) in [6.45, 7) is 1.56. The van der Waals surface area contributed by atoms with Gasteiger partial charge >= 0.3 is 26.2 Å². The molecule has 22 heavy (non-hydrogen) atoms. The minimum absolute atomic E-state index is 0.0505. The maximum Gasteiger partial charge on any atom is 0.380 e. The van der Waals surface area contributed by atoms with Gasteiger partial charge in [-0.15, -0.1) is 0 Å². The monoisotopic (exact) mass is 350 g/mol. The van der Waals surface area contributed by atoms with Crippen molar-refractivity contribution in [3.63, 3.8) is 0 Å². The Bertz CT molecular complexity index is 1010. The lowest BCUT2D eigenvalue weighted by molar-refractivity contribution is 0.450. The largest absolute Gasteiger partial charge is 0.423 e. The summed E-state index contributed by atoms with van der Waals surface area (Å²) >= 11 is 0. The molecule has 120 valence electrons. The van der Waals surface area contributed by atoms with E-state index in [0.717, 1.165) is 18.2 Å². The number of aryl methyl sites for hydroxylation is 1. The van der Waals surface area contributed by atoms with Gasteiger partial charge in [0.1, 0.15) is 5.58 Å². The van der Waals surface area contributed by atoms with Gasteiger partial charge in [-0.1, -0.05) is 0 Å². The third kappa shape index (κ3) is 3.94. The Kier molecular flexibility index (Phi) is 3.87. The minimum atomic E-state index is -4.48. The Morgan fingerprint density at radius 3 is 1.95 bits per heavy atom. The van der Waals surface area contributed by atoms with Crippen LogP contribution < -0.4 is 24.3 Å². The molecule has 0 aliphatic heterocycles. The standard InChI is InChI=1S/C10H10N2O8S2/c1-5-2-10(13)18-7-4-9(20-22(12,16)17)8(3-6(5)7)19-21(11,14)15/h2-4H,1H3,(H2,11,14,15)(H2,12,16,17). The summed E-state index contributed by atoms with van der Waals surface area (Å²) in [6, 6.07) is 3.20. The van der Waals surface area contributed by atoms with Gasteiger partial charge in [0.25, 0.3) is 0 Å². The molecule has 0 spiro atoms. The molecule has 0 bridgehead atoms. The van der Waals surface area contributed by atoms with Crippen LogP contribution in [0.3, 0.4) is 0 Å². The van der Waals surface area contributed by atoms with Crippen LogP contribution in [0.1, 0.15) is 5.56 Å². The lowest BCUT2D eigenvalue weighted by atomic mass is 10.1. The topological polar surface area (TPSA) is 169 Å². The highest BCUT2D eigenvalue weighted by atomic mass is 32.2. The van der Waals surface area contributed by atoms with E-state index in [0.29, 0.717) is 10.9 Å². The third-order valence-electron chi connectivity index (χ3n) is 2.43. The molecule has 0 atom stereocenters. The van der Waals surface area contributed by atoms with Crippen LogP contribution in [0.25, 0.3) is 11.0 Å². The summed E-state index contributed by atoms with van der Waals surface area (Å²) in [5.41, 5.74) is -0.301. The van der Waals surface area contributed by atoms with Gasteiger partial charge in [0, 0.05) is 17.5 Å². The van der Waals surface area contributed by atoms with Crippen LogP contribution in [-0.2, 0) is 20.6 Å². The zero-order valence-electron chi connectivity index (χ0n) is 11.0. The molecule has 4 N–H and O–H groups in total. The maximum absolute atomic E-state index is 11.3. The van der Waals surface area contributed by atoms with Gasteiger partial charge in [0.15, 0.2) is 11.5 Å². The highest BCUT2D eigenvalue weighted by molar-refractivity contribution is 7.85. The van der Waals surface area contributed by atoms with E-state index in [-0.39, 0.29) is 5.58 Å². The molecule has 0 unspecified atom stereocenters. The Labute approximate surface area is 124 Å². The van der Waals surface area contributed by atoms with E-state index in [1.807, 2.05) is 0 Å². The second-order valence-electron chi connectivity index (χ2n) is 4.20. The van der Waals surface area contributed by atoms with Gasteiger partial charge in [-0.3, -0.25) is 0 Å². The van der Waals surface area contributed by atoms with Crippen molar-refractivity contribution >= 4 is 31.6 Å². The molecule has 1 heterocycles. The van der Waals surface area contributed by atoms with Crippen molar-refractivity contribution < 1.29 is 29.6 Å². The van der Waals surface area contributed by atoms with E-state index >= 15 is 0 Å². The summed E-state index contributed by atoms with van der Waals surface area (Å²) in [4.78, 5) is 11.3. The van der Waals surface area contributed by atoms with Gasteiger partial charge in [0.2, 0.25) is 0 Å². The maximum atomic E-state index is 11.3. The average molecular weight is 350 g/mol. The van der Waals surface area contributed by atoms with Crippen LogP contribution in [0, 0.1) is 6.92 Å². The number of benzene rings is 1. The summed E-state index contributed by atoms with van der Waals surface area (Å²) in [5.74, 6) is -1.13. The highest BCUT2D eigenvalue weighted by Gasteiger charge is 2.19. The number of fused-ring (bicyclic) bond motifs is 1. The molecule has 12 heteroatoms. The Hall–Kier alpha value is -2.15. The summed E-state index contributed by atoms with van der Waals surface area (Å²) in [7, 11) is -8.93. The first-order valence-corrected chi connectivity index (χ1v) is 8.42. The van der Waals surface area contributed by atoms with Crippen LogP contribution in [0.4, 0.5) is 0 Å². The molecule has 0 saturated carbocycles. The van der Waals surface area contributed by atoms with Gasteiger partial charge < -0.3 is 12.8 Å². The van der Waals surface area contributed by atoms with Crippen LogP contribution in [-0.4, -0.2) is 16.8 Å². The van der Waals surface area contributed by atoms with Gasteiger partial charge in [-0.2, -0.15) is 27.1 Å². The SMILES string of the molecule is Cc1cc(=O)oc2cc(OS(N)(=O)=O)c(OS(N)(=O)=O)cc12. The van der Waals surface area contributed by atoms with Crippen LogP contribution in [0.15, 0.2) is 27.4 Å². The Morgan fingerprint density at radius 2 is 1.45 bits per heavy atom. The molecule has 0 fully saturated rings. The molecule has 0 aliphatic carbocycles. The molecule has 1 aromatic heterocycles. The highest BCUT2D eigenvalue weighted by Crippen LogP contribution is 2.34. The van der Waals surface area contributed by atoms with Gasteiger partial charge in [-0.05, 0) is 18.6 Å². The smallest absolute Gasteiger partial charge is 0.380 e. The lowest BCUT2D eigenvalue weighted by Crippen LogP contribution is -2.22. The summed E-state index contributed by atoms with van der Waals surface area (Å²) in [5, 5.41) is 9.76. The van der Waals surface area contributed by atoms with Crippen LogP contribution >= 0.6 is 0 Å². The number of hydrogen-bond donors (Lipinski definition) is 2. The summed E-state index contributed by atoms with van der Waals surface area (Å²) in [6.07, 6.45) is 0. The zero-order chi connectivity index (χ0) is 16.7. The molecular weight excluding hydrogens is 340 g/mol. The second kappa shape index (κ2) is 5.24. The fourth-order valence-corrected chi connectivity index (χ4v) is 2.47. The van der Waals surface area contributed by atoms with Crippen molar-refractivity contribution in [3.05, 3.63) is 34.2 Å². The van der Waals surface area contributed by atoms with E-state index in [1.165, 1.54) is 0 Å². The van der Waals surface area contributed by atoms with E-state index in [4.69, 9.17) is 14.7 Å². The number of nitrogens with two attached hydrogens (primary N) is 2. The fraction of sp³-hybridized carbons (Fsp3) is 0.100. The second-order valence-corrected chi connectivity index (χ2v) is 6.50. The Morgan fingerprint density at radius 1 is 0.955 bits per heavy atom. The molecule has 0 amide bonds. The molecule has 0 saturated heterocycles. The fourth-order valence-electron chi connectivity index (χ4n) is 1.71. The third-order valence-corrected chi connectivity index (χ3v) is 3.25. The van der Waals surface area contributed by atoms with Crippen LogP contribution in [0.5, 0.6) is 11.5 Å². The molecule has 1 aromatic carbocycles. The van der Waals surface area contributed by atoms with Crippen molar-refractivity contribution in [3.8, 4) is 11.5 Å². The van der Waals surface area contributed by atoms with E-state index in [1.54, 1.807) is 6.92 Å². The first-order valence-electron chi connectivity index (χ1n) is 5.47. The average Bonchev–Trinajstić information content (AvgIpc) is 2.26. The van der Waals surface area contributed by atoms with Gasteiger partial charge in [-0.25, -0.2) is 4.79 Å². The lowest BCUT2D eigenvalue weighted by Gasteiger charge is -2.11. The van der Waals surface area contributed by atoms with Crippen molar-refractivity contribution in [2.24, 2.45) is 10.3 Å². The number of rotatable bonds is 4. The normalized spacial score (nSPS) is 12.3. The predicted molar refractivity (Wildman–Crippen MR) is 74.7 cm³/mol. The van der Waals surface area contributed by atoms with Crippen LogP contribution in [0.2, 0.25) is 0 Å². The van der Waals surface area contributed by atoms with Crippen molar-refractivity contribution in [2.75, 3.05) is 0 Å². The molecule has 0 aliphatic rings. The Balaban J connectivity index is 2.78. The molecule has 10 nitrogen and oxygen atoms in total. The minimum Gasteiger partial charge on any atom is -0.423 e. The molecular formula is C10H10N2O8S2. The number of hydrogen-bond acceptors (Lipinski definition) is 8. The molecule has 2 rings (SSSR count). The molecule has 2 aromatic rings. The van der Waals surface area contributed by atoms with Crippen molar-refractivity contribution in [1.29, 1.82) is 0 Å². The molecule has 0 radical (unpaired) electrons. The quantitative estimate of drug-likeness (QED) is 0.679. The van der Waals surface area contributed by atoms with Gasteiger partial charge in [0.05, 0.1) is 0 Å². The first-order chi connectivity index (χ1) is 9.94. The van der Waals surface area contributed by atoms with E-state index in [2.05, 4.69) is 8.37 Å². The predicted octanol–water partition coefficient (Wildman–Crippen LogP) is -0.734.